The van der Waals surface area contributed by atoms with Crippen molar-refractivity contribution in [2.24, 2.45) is 0 Å². The summed E-state index contributed by atoms with van der Waals surface area (Å²) in [7, 11) is 0. The minimum absolute atomic E-state index is 0.0496. The van der Waals surface area contributed by atoms with E-state index in [2.05, 4.69) is 10.3 Å². The van der Waals surface area contributed by atoms with Gasteiger partial charge in [-0.25, -0.2) is 9.37 Å². The number of aromatic nitrogens is 1. The van der Waals surface area contributed by atoms with Crippen LogP contribution in [0.1, 0.15) is 11.1 Å². The van der Waals surface area contributed by atoms with E-state index in [1.807, 2.05) is 0 Å². The molecule has 1 N–H and O–H groups in total. The normalized spacial score (nSPS) is 10.9. The van der Waals surface area contributed by atoms with Crippen molar-refractivity contribution in [3.05, 3.63) is 80.6 Å². The van der Waals surface area contributed by atoms with Gasteiger partial charge < -0.3 is 14.5 Å². The lowest BCUT2D eigenvalue weighted by atomic mass is 10.1. The molecular weight excluding hydrogens is 453 g/mol. The summed E-state index contributed by atoms with van der Waals surface area (Å²) >= 11 is 6.07. The molecule has 0 saturated carbocycles. The molecule has 0 saturated heterocycles. The molecule has 0 bridgehead atoms. The number of hydrogen-bond donors (Lipinski definition) is 1. The average Bonchev–Trinajstić information content (AvgIpc) is 3.15. The van der Waals surface area contributed by atoms with Crippen LogP contribution in [0.3, 0.4) is 0 Å². The van der Waals surface area contributed by atoms with Crippen LogP contribution in [0.2, 0.25) is 5.02 Å². The molecule has 168 valence electrons. The molecule has 1 amide bonds. The molecule has 4 rings (SSSR count). The van der Waals surface area contributed by atoms with Crippen LogP contribution in [0, 0.1) is 29.8 Å². The topological polar surface area (TPSA) is 108 Å². The average molecular weight is 470 g/mol. The first-order valence-corrected chi connectivity index (χ1v) is 10.1. The van der Waals surface area contributed by atoms with Gasteiger partial charge >= 0.3 is 5.69 Å². The zero-order chi connectivity index (χ0) is 23.7. The molecular formula is C23H17ClFN3O5. The Balaban J connectivity index is 1.49. The van der Waals surface area contributed by atoms with E-state index in [1.54, 1.807) is 38.1 Å². The summed E-state index contributed by atoms with van der Waals surface area (Å²) in [5, 5.41) is 14.1. The zero-order valence-electron chi connectivity index (χ0n) is 17.5. The van der Waals surface area contributed by atoms with Crippen LogP contribution in [-0.2, 0) is 4.79 Å². The third-order valence-corrected chi connectivity index (χ3v) is 5.09. The van der Waals surface area contributed by atoms with E-state index >= 15 is 0 Å². The number of oxazole rings is 1. The highest BCUT2D eigenvalue weighted by Gasteiger charge is 2.20. The van der Waals surface area contributed by atoms with Gasteiger partial charge in [0, 0.05) is 11.8 Å². The maximum absolute atomic E-state index is 13.3. The lowest BCUT2D eigenvalue weighted by Crippen LogP contribution is -2.20. The summed E-state index contributed by atoms with van der Waals surface area (Å²) in [6.45, 7) is 3.00. The van der Waals surface area contributed by atoms with Gasteiger partial charge in [-0.2, -0.15) is 0 Å². The van der Waals surface area contributed by atoms with E-state index in [9.17, 15) is 19.3 Å². The molecule has 3 aromatic carbocycles. The third-order valence-electron chi connectivity index (χ3n) is 4.78. The summed E-state index contributed by atoms with van der Waals surface area (Å²) < 4.78 is 24.4. The van der Waals surface area contributed by atoms with Crippen LogP contribution >= 0.6 is 11.6 Å². The van der Waals surface area contributed by atoms with E-state index in [0.29, 0.717) is 27.9 Å². The van der Waals surface area contributed by atoms with E-state index in [4.69, 9.17) is 20.8 Å². The number of fused-ring (bicyclic) bond motifs is 1. The number of hydrogen-bond acceptors (Lipinski definition) is 6. The first-order chi connectivity index (χ1) is 15.7. The fourth-order valence-electron chi connectivity index (χ4n) is 3.37. The number of aryl methyl sites for hydroxylation is 2. The number of amides is 1. The van der Waals surface area contributed by atoms with Crippen molar-refractivity contribution in [1.29, 1.82) is 0 Å². The maximum atomic E-state index is 13.3. The maximum Gasteiger partial charge on any atom is 0.311 e. The number of halogens is 2. The first-order valence-electron chi connectivity index (χ1n) is 9.75. The van der Waals surface area contributed by atoms with E-state index in [-0.39, 0.29) is 22.4 Å². The van der Waals surface area contributed by atoms with Gasteiger partial charge in [-0.15, -0.1) is 0 Å². The van der Waals surface area contributed by atoms with Crippen molar-refractivity contribution < 1.29 is 23.3 Å². The van der Waals surface area contributed by atoms with Crippen LogP contribution in [0.4, 0.5) is 15.8 Å². The molecule has 0 aliphatic rings. The lowest BCUT2D eigenvalue weighted by molar-refractivity contribution is -0.385. The van der Waals surface area contributed by atoms with E-state index < -0.39 is 23.3 Å². The van der Waals surface area contributed by atoms with Gasteiger partial charge in [-0.05, 0) is 61.4 Å². The summed E-state index contributed by atoms with van der Waals surface area (Å²) in [5.74, 6) is -0.718. The summed E-state index contributed by atoms with van der Waals surface area (Å²) in [6, 6.07) is 11.8. The number of nitrogens with zero attached hydrogens (tertiary/aromatic N) is 2. The molecule has 10 heteroatoms. The highest BCUT2D eigenvalue weighted by molar-refractivity contribution is 6.33. The minimum Gasteiger partial charge on any atom is -0.477 e. The Bertz CT molecular complexity index is 1400. The second kappa shape index (κ2) is 8.87. The molecule has 1 aromatic heterocycles. The molecule has 8 nitrogen and oxygen atoms in total. The van der Waals surface area contributed by atoms with Crippen LogP contribution in [0.5, 0.6) is 5.75 Å². The van der Waals surface area contributed by atoms with Crippen molar-refractivity contribution in [3.8, 4) is 17.2 Å². The Morgan fingerprint density at radius 3 is 2.73 bits per heavy atom. The SMILES string of the molecule is Cc1cc(C)c(OCC(=O)Nc2ccc3oc(-c4ccc(F)cc4Cl)nc3c2)c([N+](=O)[O-])c1. The van der Waals surface area contributed by atoms with Crippen LogP contribution < -0.4 is 10.1 Å². The van der Waals surface area contributed by atoms with Crippen LogP contribution in [0.25, 0.3) is 22.6 Å². The monoisotopic (exact) mass is 469 g/mol. The Kier molecular flexibility index (Phi) is 5.97. The van der Waals surface area contributed by atoms with Crippen LogP contribution in [0.15, 0.2) is 52.9 Å². The number of nitro benzene ring substituents is 1. The van der Waals surface area contributed by atoms with Crippen molar-refractivity contribution in [2.45, 2.75) is 13.8 Å². The van der Waals surface area contributed by atoms with Crippen LogP contribution in [-0.4, -0.2) is 22.4 Å². The van der Waals surface area contributed by atoms with Crippen molar-refractivity contribution in [2.75, 3.05) is 11.9 Å². The summed E-state index contributed by atoms with van der Waals surface area (Å²) in [5.41, 5.74) is 2.85. The number of benzene rings is 3. The second-order valence-corrected chi connectivity index (χ2v) is 7.76. The van der Waals surface area contributed by atoms with Gasteiger partial charge in [0.05, 0.1) is 15.5 Å². The van der Waals surface area contributed by atoms with Gasteiger partial charge in [-0.3, -0.25) is 14.9 Å². The van der Waals surface area contributed by atoms with Gasteiger partial charge in [-0.1, -0.05) is 17.7 Å². The smallest absolute Gasteiger partial charge is 0.311 e. The number of carbonyl (C=O) groups is 1. The molecule has 0 aliphatic carbocycles. The molecule has 0 radical (unpaired) electrons. The standard InChI is InChI=1S/C23H17ClFN3O5/c1-12-7-13(2)22(19(8-12)28(30)31)32-11-21(29)26-15-4-6-20-18(10-15)27-23(33-20)16-5-3-14(25)9-17(16)24/h3-10H,11H2,1-2H3,(H,26,29). The molecule has 0 aliphatic heterocycles. The number of nitro groups is 1. The zero-order valence-corrected chi connectivity index (χ0v) is 18.3. The first kappa shape index (κ1) is 22.2. The molecule has 0 fully saturated rings. The van der Waals surface area contributed by atoms with Crippen molar-refractivity contribution in [3.63, 3.8) is 0 Å². The van der Waals surface area contributed by atoms with Gasteiger partial charge in [0.1, 0.15) is 11.3 Å². The van der Waals surface area contributed by atoms with Gasteiger partial charge in [0.25, 0.3) is 5.91 Å². The van der Waals surface area contributed by atoms with Crippen molar-refractivity contribution in [1.82, 2.24) is 4.98 Å². The lowest BCUT2D eigenvalue weighted by Gasteiger charge is -2.11. The molecule has 33 heavy (non-hydrogen) atoms. The number of nitrogens with one attached hydrogen (secondary N) is 1. The molecule has 1 heterocycles. The number of anilines is 1. The second-order valence-electron chi connectivity index (χ2n) is 7.35. The largest absolute Gasteiger partial charge is 0.477 e. The Labute approximate surface area is 192 Å². The van der Waals surface area contributed by atoms with E-state index in [1.165, 1.54) is 18.2 Å². The fraction of sp³-hybridized carbons (Fsp3) is 0.130. The number of carbonyl (C=O) groups excluding carboxylic acids is 1. The Hall–Kier alpha value is -3.98. The molecule has 0 atom stereocenters. The predicted octanol–water partition coefficient (Wildman–Crippen LogP) is 5.83. The van der Waals surface area contributed by atoms with Gasteiger partial charge in [0.15, 0.2) is 12.2 Å². The summed E-state index contributed by atoms with van der Waals surface area (Å²) in [6.07, 6.45) is 0. The fourth-order valence-corrected chi connectivity index (χ4v) is 3.62. The minimum atomic E-state index is -0.545. The molecule has 4 aromatic rings. The predicted molar refractivity (Wildman–Crippen MR) is 121 cm³/mol. The summed E-state index contributed by atoms with van der Waals surface area (Å²) in [4.78, 5) is 27.5. The number of ether oxygens (including phenoxy) is 1. The third kappa shape index (κ3) is 4.78. The molecule has 0 spiro atoms. The Morgan fingerprint density at radius 2 is 2.00 bits per heavy atom. The molecule has 0 unspecified atom stereocenters. The highest BCUT2D eigenvalue weighted by atomic mass is 35.5. The van der Waals surface area contributed by atoms with E-state index in [0.717, 1.165) is 11.6 Å². The quantitative estimate of drug-likeness (QED) is 0.281. The highest BCUT2D eigenvalue weighted by Crippen LogP contribution is 2.33. The Morgan fingerprint density at radius 1 is 1.21 bits per heavy atom. The van der Waals surface area contributed by atoms with Crippen molar-refractivity contribution >= 4 is 40.0 Å². The number of rotatable bonds is 6. The van der Waals surface area contributed by atoms with Gasteiger partial charge in [0.2, 0.25) is 11.6 Å².